The molecule has 0 amide bonds. The Kier molecular flexibility index (Phi) is 7.17. The second kappa shape index (κ2) is 9.94. The molecule has 3 aromatic rings. The largest absolute Gasteiger partial charge is 0.479 e. The molecular weight excluding hydrogens is 546 g/mol. The Bertz CT molecular complexity index is 1360. The Labute approximate surface area is 214 Å². The summed E-state index contributed by atoms with van der Waals surface area (Å²) in [7, 11) is 0. The van der Waals surface area contributed by atoms with E-state index in [1.165, 1.54) is 0 Å². The fraction of sp³-hybridized carbons (Fsp3) is 0.381. The van der Waals surface area contributed by atoms with Crippen molar-refractivity contribution in [2.75, 3.05) is 12.3 Å². The number of carbonyl (C=O) groups is 2. The van der Waals surface area contributed by atoms with E-state index in [2.05, 4.69) is 15.0 Å². The molecular formula is C21H18ClF4N5O7. The van der Waals surface area contributed by atoms with Gasteiger partial charge in [-0.2, -0.15) is 23.1 Å². The Morgan fingerprint density at radius 3 is 2.37 bits per heavy atom. The van der Waals surface area contributed by atoms with Crippen LogP contribution in [-0.4, -0.2) is 77.4 Å². The van der Waals surface area contributed by atoms with Crippen LogP contribution in [0.5, 0.6) is 0 Å². The summed E-state index contributed by atoms with van der Waals surface area (Å²) >= 11 is 5.80. The molecule has 4 rings (SSSR count). The highest BCUT2D eigenvalue weighted by atomic mass is 35.5. The van der Waals surface area contributed by atoms with Gasteiger partial charge in [-0.05, 0) is 29.3 Å². The number of nitrogen functional groups attached to an aromatic ring is 1. The number of hydrogen-bond donors (Lipinski definition) is 4. The highest BCUT2D eigenvalue weighted by molar-refractivity contribution is 6.28. The minimum atomic E-state index is -4.66. The third-order valence-corrected chi connectivity index (χ3v) is 6.08. The van der Waals surface area contributed by atoms with Crippen molar-refractivity contribution in [1.82, 2.24) is 19.5 Å². The molecule has 1 saturated heterocycles. The molecule has 1 aliphatic rings. The molecule has 0 spiro atoms. The average Bonchev–Trinajstić information content (AvgIpc) is 3.37. The average molecular weight is 564 g/mol. The second-order valence-electron chi connectivity index (χ2n) is 8.32. The first-order valence-electron chi connectivity index (χ1n) is 10.6. The maximum Gasteiger partial charge on any atom is 0.416 e. The first-order valence-corrected chi connectivity index (χ1v) is 11.0. The van der Waals surface area contributed by atoms with Crippen molar-refractivity contribution < 1.29 is 51.9 Å². The minimum absolute atomic E-state index is 0.0309. The lowest BCUT2D eigenvalue weighted by molar-refractivity contribution is -0.190. The smallest absolute Gasteiger partial charge is 0.416 e. The molecule has 4 atom stereocenters. The number of carboxylic acids is 2. The van der Waals surface area contributed by atoms with Gasteiger partial charge in [-0.15, -0.1) is 0 Å². The van der Waals surface area contributed by atoms with Crippen molar-refractivity contribution in [2.24, 2.45) is 0 Å². The number of nitrogens with zero attached hydrogens (tertiary/aromatic N) is 4. The van der Waals surface area contributed by atoms with Crippen LogP contribution in [0.15, 0.2) is 30.6 Å². The highest BCUT2D eigenvalue weighted by Crippen LogP contribution is 2.36. The second-order valence-corrected chi connectivity index (χ2v) is 8.66. The summed E-state index contributed by atoms with van der Waals surface area (Å²) in [6.45, 7) is -0.915. The van der Waals surface area contributed by atoms with Gasteiger partial charge in [0.25, 0.3) is 5.60 Å². The summed E-state index contributed by atoms with van der Waals surface area (Å²) < 4.78 is 65.3. The number of nitrogens with two attached hydrogens (primary N) is 1. The number of halogens is 5. The molecule has 12 nitrogen and oxygen atoms in total. The molecule has 0 radical (unpaired) electrons. The molecule has 0 unspecified atom stereocenters. The Balaban J connectivity index is 1.56. The topological polar surface area (TPSA) is 183 Å². The van der Waals surface area contributed by atoms with Gasteiger partial charge >= 0.3 is 18.1 Å². The summed E-state index contributed by atoms with van der Waals surface area (Å²) in [6.07, 6.45) is -11.6. The lowest BCUT2D eigenvalue weighted by Crippen LogP contribution is -2.52. The maximum absolute atomic E-state index is 15.0. The molecule has 0 bridgehead atoms. The van der Waals surface area contributed by atoms with E-state index < -0.39 is 66.9 Å². The summed E-state index contributed by atoms with van der Waals surface area (Å²) in [5.74, 6) is -4.06. The minimum Gasteiger partial charge on any atom is -0.479 e. The number of anilines is 1. The monoisotopic (exact) mass is 563 g/mol. The van der Waals surface area contributed by atoms with E-state index in [9.17, 15) is 38.1 Å². The van der Waals surface area contributed by atoms with E-state index in [1.54, 1.807) is 0 Å². The molecule has 0 aliphatic carbocycles. The van der Waals surface area contributed by atoms with Crippen LogP contribution in [-0.2, 0) is 31.7 Å². The zero-order valence-electron chi connectivity index (χ0n) is 18.8. The number of ether oxygens (including phenoxy) is 2. The van der Waals surface area contributed by atoms with E-state index in [0.29, 0.717) is 12.1 Å². The number of aromatic nitrogens is 4. The predicted octanol–water partition coefficient (Wildman–Crippen LogP) is 1.84. The maximum atomic E-state index is 15.0. The van der Waals surface area contributed by atoms with E-state index in [1.807, 2.05) is 0 Å². The van der Waals surface area contributed by atoms with Crippen molar-refractivity contribution in [3.8, 4) is 0 Å². The number of alkyl halides is 4. The molecule has 3 heterocycles. The van der Waals surface area contributed by atoms with Crippen LogP contribution in [0.3, 0.4) is 0 Å². The van der Waals surface area contributed by atoms with Crippen molar-refractivity contribution in [3.05, 3.63) is 47.0 Å². The number of aliphatic hydroxyl groups is 1. The molecule has 1 fully saturated rings. The summed E-state index contributed by atoms with van der Waals surface area (Å²) in [5.41, 5.74) is 1.63. The standard InChI is InChI=1S/C21H18ClF4N5O7/c22-19-29-14(27)12-15(30-19)31(7-28-12)16-11(23)13(32)10(38-16)6-37-20(17(33)34,18(35)36)5-8-1-3-9(4-2-8)21(24,25)26/h1-4,7,10-11,13,16,32H,5-6H2,(H,33,34)(H,35,36)(H2,27,29,30)/t10-,11+,13-,16-/m1/s1. The number of fused-ring (bicyclic) bond motifs is 1. The van der Waals surface area contributed by atoms with Crippen LogP contribution in [0, 0.1) is 0 Å². The van der Waals surface area contributed by atoms with Crippen LogP contribution in [0.1, 0.15) is 17.4 Å². The third kappa shape index (κ3) is 4.94. The van der Waals surface area contributed by atoms with E-state index in [4.69, 9.17) is 26.8 Å². The fourth-order valence-electron chi connectivity index (χ4n) is 3.90. The number of hydrogen-bond acceptors (Lipinski definition) is 9. The number of carboxylic acid groups (broad SMARTS) is 2. The molecule has 1 aromatic carbocycles. The normalized spacial score (nSPS) is 22.2. The first kappa shape index (κ1) is 27.4. The molecule has 2 aromatic heterocycles. The van der Waals surface area contributed by atoms with E-state index in [-0.39, 0.29) is 27.8 Å². The van der Waals surface area contributed by atoms with Crippen molar-refractivity contribution in [2.45, 2.75) is 42.8 Å². The number of aliphatic carboxylic acids is 2. The van der Waals surface area contributed by atoms with Gasteiger partial charge in [0.05, 0.1) is 18.5 Å². The highest BCUT2D eigenvalue weighted by Gasteiger charge is 2.52. The fourth-order valence-corrected chi connectivity index (χ4v) is 4.07. The SMILES string of the molecule is Nc1nc(Cl)nc2c1ncn2[C@@H]1O[C@H](COC(Cc2ccc(C(F)(F)F)cc2)(C(=O)O)C(=O)O)[C@@H](O)[C@@H]1F. The van der Waals surface area contributed by atoms with Crippen LogP contribution in [0.4, 0.5) is 23.4 Å². The quantitative estimate of drug-likeness (QED) is 0.178. The summed E-state index contributed by atoms with van der Waals surface area (Å²) in [4.78, 5) is 35.6. The van der Waals surface area contributed by atoms with E-state index >= 15 is 4.39 Å². The Morgan fingerprint density at radius 2 is 1.79 bits per heavy atom. The zero-order chi connectivity index (χ0) is 28.0. The molecule has 38 heavy (non-hydrogen) atoms. The van der Waals surface area contributed by atoms with Gasteiger partial charge < -0.3 is 30.5 Å². The van der Waals surface area contributed by atoms with Gasteiger partial charge in [-0.25, -0.2) is 19.0 Å². The molecule has 1 aliphatic heterocycles. The number of rotatable bonds is 8. The molecule has 0 saturated carbocycles. The van der Waals surface area contributed by atoms with Crippen LogP contribution in [0.25, 0.3) is 11.2 Å². The number of benzene rings is 1. The van der Waals surface area contributed by atoms with Gasteiger partial charge in [0, 0.05) is 6.42 Å². The predicted molar refractivity (Wildman–Crippen MR) is 119 cm³/mol. The Morgan fingerprint density at radius 1 is 1.16 bits per heavy atom. The summed E-state index contributed by atoms with van der Waals surface area (Å²) in [5, 5.41) is 29.5. The number of imidazole rings is 1. The zero-order valence-corrected chi connectivity index (χ0v) is 19.6. The van der Waals surface area contributed by atoms with Crippen LogP contribution in [0.2, 0.25) is 5.28 Å². The van der Waals surface area contributed by atoms with Crippen molar-refractivity contribution in [3.63, 3.8) is 0 Å². The van der Waals surface area contributed by atoms with E-state index in [0.717, 1.165) is 23.0 Å². The summed E-state index contributed by atoms with van der Waals surface area (Å²) in [6, 6.07) is 3.13. The van der Waals surface area contributed by atoms with Gasteiger partial charge in [0.1, 0.15) is 17.7 Å². The third-order valence-electron chi connectivity index (χ3n) is 5.91. The lowest BCUT2D eigenvalue weighted by Gasteiger charge is -2.27. The number of aliphatic hydroxyl groups excluding tert-OH is 1. The van der Waals surface area contributed by atoms with Gasteiger partial charge in [0.15, 0.2) is 23.9 Å². The van der Waals surface area contributed by atoms with Crippen LogP contribution < -0.4 is 5.73 Å². The first-order chi connectivity index (χ1) is 17.7. The molecule has 204 valence electrons. The Hall–Kier alpha value is -3.60. The molecule has 17 heteroatoms. The molecule has 5 N–H and O–H groups in total. The van der Waals surface area contributed by atoms with Crippen LogP contribution >= 0.6 is 11.6 Å². The van der Waals surface area contributed by atoms with Gasteiger partial charge in [-0.3, -0.25) is 4.57 Å². The van der Waals surface area contributed by atoms with Crippen molar-refractivity contribution in [1.29, 1.82) is 0 Å². The lowest BCUT2D eigenvalue weighted by atomic mass is 9.93. The van der Waals surface area contributed by atoms with Gasteiger partial charge in [-0.1, -0.05) is 12.1 Å². The van der Waals surface area contributed by atoms with Crippen molar-refractivity contribution >= 4 is 40.5 Å². The van der Waals surface area contributed by atoms with Gasteiger partial charge in [0.2, 0.25) is 5.28 Å².